The van der Waals surface area contributed by atoms with Crippen molar-refractivity contribution >= 4 is 0 Å². The van der Waals surface area contributed by atoms with Crippen LogP contribution < -0.4 is 10.5 Å². The van der Waals surface area contributed by atoms with Crippen LogP contribution >= 0.6 is 0 Å². The molecule has 4 nitrogen and oxygen atoms in total. The first-order valence-corrected chi connectivity index (χ1v) is 6.99. The van der Waals surface area contributed by atoms with E-state index in [-0.39, 0.29) is 6.04 Å². The molecule has 1 aromatic heterocycles. The van der Waals surface area contributed by atoms with Crippen molar-refractivity contribution < 1.29 is 4.74 Å². The van der Waals surface area contributed by atoms with Crippen LogP contribution in [0.2, 0.25) is 0 Å². The van der Waals surface area contributed by atoms with E-state index in [0.29, 0.717) is 6.61 Å². The number of ether oxygens (including phenoxy) is 1. The minimum Gasteiger partial charge on any atom is -0.494 e. The van der Waals surface area contributed by atoms with Gasteiger partial charge in [-0.2, -0.15) is 5.10 Å². The van der Waals surface area contributed by atoms with Gasteiger partial charge >= 0.3 is 0 Å². The van der Waals surface area contributed by atoms with E-state index in [0.717, 1.165) is 24.3 Å². The Bertz CT molecular complexity index is 563. The molecular formula is C16H23N3O. The van der Waals surface area contributed by atoms with Crippen LogP contribution in [0.4, 0.5) is 0 Å². The zero-order valence-corrected chi connectivity index (χ0v) is 12.5. The molecule has 0 aliphatic carbocycles. The number of nitrogens with zero attached hydrogens (tertiary/aromatic N) is 2. The van der Waals surface area contributed by atoms with Gasteiger partial charge in [0, 0.05) is 25.2 Å². The highest BCUT2D eigenvalue weighted by Crippen LogP contribution is 2.13. The lowest BCUT2D eigenvalue weighted by molar-refractivity contribution is 0.296. The van der Waals surface area contributed by atoms with Gasteiger partial charge in [-0.3, -0.25) is 4.68 Å². The molecule has 1 atom stereocenters. The van der Waals surface area contributed by atoms with Gasteiger partial charge < -0.3 is 10.5 Å². The monoisotopic (exact) mass is 273 g/mol. The minimum absolute atomic E-state index is 0.0922. The fourth-order valence-corrected chi connectivity index (χ4v) is 2.26. The minimum atomic E-state index is 0.0922. The van der Waals surface area contributed by atoms with Gasteiger partial charge in [0.25, 0.3) is 0 Å². The molecule has 4 heteroatoms. The lowest BCUT2D eigenvalue weighted by Crippen LogP contribution is -2.26. The Balaban J connectivity index is 1.78. The molecule has 2 N–H and O–H groups in total. The van der Waals surface area contributed by atoms with Crippen molar-refractivity contribution in [3.63, 3.8) is 0 Å². The van der Waals surface area contributed by atoms with Crippen LogP contribution in [-0.2, 0) is 13.5 Å². The summed E-state index contributed by atoms with van der Waals surface area (Å²) in [5.74, 6) is 0.911. The number of benzene rings is 1. The van der Waals surface area contributed by atoms with Crippen LogP contribution in [0, 0.1) is 13.8 Å². The molecular weight excluding hydrogens is 250 g/mol. The highest BCUT2D eigenvalue weighted by atomic mass is 16.5. The van der Waals surface area contributed by atoms with Crippen molar-refractivity contribution in [1.82, 2.24) is 9.78 Å². The van der Waals surface area contributed by atoms with Gasteiger partial charge in [0.05, 0.1) is 12.3 Å². The summed E-state index contributed by atoms with van der Waals surface area (Å²) >= 11 is 0. The quantitative estimate of drug-likeness (QED) is 0.879. The van der Waals surface area contributed by atoms with Crippen LogP contribution in [0.5, 0.6) is 5.75 Å². The Morgan fingerprint density at radius 3 is 2.75 bits per heavy atom. The Labute approximate surface area is 120 Å². The molecule has 0 aliphatic heterocycles. The number of aromatic nitrogens is 2. The molecule has 0 amide bonds. The molecule has 2 rings (SSSR count). The molecule has 1 aromatic carbocycles. The Hall–Kier alpha value is -1.81. The maximum atomic E-state index is 6.16. The van der Waals surface area contributed by atoms with Crippen LogP contribution in [0.1, 0.15) is 23.4 Å². The third kappa shape index (κ3) is 4.10. The molecule has 2 aromatic rings. The van der Waals surface area contributed by atoms with E-state index in [9.17, 15) is 0 Å². The number of nitrogens with two attached hydrogens (primary N) is 1. The summed E-state index contributed by atoms with van der Waals surface area (Å²) in [4.78, 5) is 0. The van der Waals surface area contributed by atoms with Crippen molar-refractivity contribution in [3.05, 3.63) is 47.3 Å². The lowest BCUT2D eigenvalue weighted by Gasteiger charge is -2.13. The number of aryl methyl sites for hydroxylation is 3. The second kappa shape index (κ2) is 6.57. The SMILES string of the molecule is Cc1cccc(OCCC(N)Cc2cc(C)nn2C)c1. The molecule has 20 heavy (non-hydrogen) atoms. The average molecular weight is 273 g/mol. The summed E-state index contributed by atoms with van der Waals surface area (Å²) in [5.41, 5.74) is 9.57. The maximum absolute atomic E-state index is 6.16. The maximum Gasteiger partial charge on any atom is 0.119 e. The van der Waals surface area contributed by atoms with Gasteiger partial charge in [0.1, 0.15) is 5.75 Å². The van der Waals surface area contributed by atoms with Gasteiger partial charge in [-0.05, 0) is 44.0 Å². The second-order valence-electron chi connectivity index (χ2n) is 5.32. The zero-order valence-electron chi connectivity index (χ0n) is 12.5. The third-order valence-corrected chi connectivity index (χ3v) is 3.32. The summed E-state index contributed by atoms with van der Waals surface area (Å²) in [6.07, 6.45) is 1.66. The molecule has 108 valence electrons. The largest absolute Gasteiger partial charge is 0.494 e. The summed E-state index contributed by atoms with van der Waals surface area (Å²) in [6.45, 7) is 4.70. The van der Waals surface area contributed by atoms with E-state index >= 15 is 0 Å². The van der Waals surface area contributed by atoms with Gasteiger partial charge in [0.2, 0.25) is 0 Å². The van der Waals surface area contributed by atoms with Crippen molar-refractivity contribution in [3.8, 4) is 5.75 Å². The van der Waals surface area contributed by atoms with E-state index in [1.165, 1.54) is 11.3 Å². The van der Waals surface area contributed by atoms with Crippen molar-refractivity contribution in [2.24, 2.45) is 12.8 Å². The molecule has 1 unspecified atom stereocenters. The number of hydrogen-bond donors (Lipinski definition) is 1. The molecule has 0 radical (unpaired) electrons. The predicted octanol–water partition coefficient (Wildman–Crippen LogP) is 2.38. The van der Waals surface area contributed by atoms with Gasteiger partial charge in [-0.15, -0.1) is 0 Å². The predicted molar refractivity (Wildman–Crippen MR) is 80.9 cm³/mol. The second-order valence-corrected chi connectivity index (χ2v) is 5.32. The summed E-state index contributed by atoms with van der Waals surface area (Å²) in [5, 5.41) is 4.33. The molecule has 0 spiro atoms. The molecule has 1 heterocycles. The first-order valence-electron chi connectivity index (χ1n) is 6.99. The van der Waals surface area contributed by atoms with E-state index in [2.05, 4.69) is 24.2 Å². The lowest BCUT2D eigenvalue weighted by atomic mass is 10.1. The van der Waals surface area contributed by atoms with Crippen molar-refractivity contribution in [2.45, 2.75) is 32.7 Å². The van der Waals surface area contributed by atoms with E-state index in [1.54, 1.807) is 0 Å². The van der Waals surface area contributed by atoms with Crippen LogP contribution in [0.15, 0.2) is 30.3 Å². The van der Waals surface area contributed by atoms with Crippen molar-refractivity contribution in [1.29, 1.82) is 0 Å². The molecule has 0 saturated carbocycles. The smallest absolute Gasteiger partial charge is 0.119 e. The Morgan fingerprint density at radius 1 is 1.30 bits per heavy atom. The van der Waals surface area contributed by atoms with Crippen LogP contribution in [0.3, 0.4) is 0 Å². The molecule has 0 fully saturated rings. The van der Waals surface area contributed by atoms with Gasteiger partial charge in [-0.1, -0.05) is 12.1 Å². The molecule has 0 bridgehead atoms. The van der Waals surface area contributed by atoms with Gasteiger partial charge in [0.15, 0.2) is 0 Å². The van der Waals surface area contributed by atoms with Crippen molar-refractivity contribution in [2.75, 3.05) is 6.61 Å². The van der Waals surface area contributed by atoms with E-state index in [1.807, 2.05) is 36.9 Å². The van der Waals surface area contributed by atoms with E-state index in [4.69, 9.17) is 10.5 Å². The number of hydrogen-bond acceptors (Lipinski definition) is 3. The highest BCUT2D eigenvalue weighted by Gasteiger charge is 2.09. The first-order chi connectivity index (χ1) is 9.54. The Morgan fingerprint density at radius 2 is 2.10 bits per heavy atom. The topological polar surface area (TPSA) is 53.1 Å². The normalized spacial score (nSPS) is 12.4. The molecule has 0 saturated heterocycles. The highest BCUT2D eigenvalue weighted by molar-refractivity contribution is 5.27. The first kappa shape index (κ1) is 14.6. The Kier molecular flexibility index (Phi) is 4.79. The van der Waals surface area contributed by atoms with Crippen LogP contribution in [-0.4, -0.2) is 22.4 Å². The van der Waals surface area contributed by atoms with E-state index < -0.39 is 0 Å². The standard InChI is InChI=1S/C16H23N3O/c1-12-5-4-6-16(9-12)20-8-7-14(17)11-15-10-13(2)18-19(15)3/h4-6,9-10,14H,7-8,11,17H2,1-3H3. The third-order valence-electron chi connectivity index (χ3n) is 3.32. The number of rotatable bonds is 6. The molecule has 0 aliphatic rings. The van der Waals surface area contributed by atoms with Gasteiger partial charge in [-0.25, -0.2) is 0 Å². The zero-order chi connectivity index (χ0) is 14.5. The summed E-state index contributed by atoms with van der Waals surface area (Å²) < 4.78 is 7.63. The average Bonchev–Trinajstić information content (AvgIpc) is 2.68. The van der Waals surface area contributed by atoms with Crippen LogP contribution in [0.25, 0.3) is 0 Å². The fraction of sp³-hybridized carbons (Fsp3) is 0.438. The summed E-state index contributed by atoms with van der Waals surface area (Å²) in [6, 6.07) is 10.3. The summed E-state index contributed by atoms with van der Waals surface area (Å²) in [7, 11) is 1.96. The fourth-order valence-electron chi connectivity index (χ4n) is 2.26.